The molecule has 0 aliphatic rings. The average Bonchev–Trinajstić information content (AvgIpc) is 1.86. The number of rotatable bonds is 5. The van der Waals surface area contributed by atoms with E-state index in [0.717, 1.165) is 12.2 Å². The highest BCUT2D eigenvalue weighted by atomic mass is 16.5. The molecule has 1 unspecified atom stereocenters. The van der Waals surface area contributed by atoms with Crippen molar-refractivity contribution in [2.24, 2.45) is 0 Å². The van der Waals surface area contributed by atoms with E-state index in [1.807, 2.05) is 26.8 Å². The summed E-state index contributed by atoms with van der Waals surface area (Å²) in [6.45, 7) is 7.27. The van der Waals surface area contributed by atoms with Crippen LogP contribution in [-0.4, -0.2) is 24.4 Å². The highest BCUT2D eigenvalue weighted by molar-refractivity contribution is 4.97. The lowest BCUT2D eigenvalue weighted by Gasteiger charge is -2.05. The molecule has 0 saturated carbocycles. The van der Waals surface area contributed by atoms with Crippen LogP contribution in [0.25, 0.3) is 0 Å². The first-order valence-electron chi connectivity index (χ1n) is 4.07. The van der Waals surface area contributed by atoms with Crippen LogP contribution in [-0.2, 0) is 4.74 Å². The maximum Gasteiger partial charge on any atom is 0.0745 e. The van der Waals surface area contributed by atoms with E-state index in [9.17, 15) is 5.11 Å². The van der Waals surface area contributed by atoms with Crippen LogP contribution in [0.15, 0.2) is 11.6 Å². The molecule has 0 aromatic rings. The molecule has 0 aliphatic carbocycles. The molecule has 66 valence electrons. The molecular formula is C9H18O2. The molecule has 1 N–H and O–H groups in total. The van der Waals surface area contributed by atoms with Crippen LogP contribution in [0, 0.1) is 0 Å². The number of ether oxygens (including phenoxy) is 1. The van der Waals surface area contributed by atoms with Crippen molar-refractivity contribution in [1.82, 2.24) is 0 Å². The first-order valence-corrected chi connectivity index (χ1v) is 4.07. The SMILES string of the molecule is CCOCCC(O)C=C(C)C. The van der Waals surface area contributed by atoms with Crippen molar-refractivity contribution in [1.29, 1.82) is 0 Å². The van der Waals surface area contributed by atoms with Gasteiger partial charge in [0, 0.05) is 19.6 Å². The third-order valence-corrected chi connectivity index (χ3v) is 1.29. The van der Waals surface area contributed by atoms with Gasteiger partial charge in [-0.15, -0.1) is 0 Å². The predicted octanol–water partition coefficient (Wildman–Crippen LogP) is 1.74. The highest BCUT2D eigenvalue weighted by Gasteiger charge is 1.98. The van der Waals surface area contributed by atoms with Gasteiger partial charge in [-0.3, -0.25) is 0 Å². The van der Waals surface area contributed by atoms with E-state index in [1.165, 1.54) is 0 Å². The minimum atomic E-state index is -0.341. The molecule has 0 heterocycles. The van der Waals surface area contributed by atoms with E-state index in [2.05, 4.69) is 0 Å². The molecular weight excluding hydrogens is 140 g/mol. The van der Waals surface area contributed by atoms with Crippen LogP contribution in [0.4, 0.5) is 0 Å². The van der Waals surface area contributed by atoms with Gasteiger partial charge < -0.3 is 9.84 Å². The van der Waals surface area contributed by atoms with E-state index in [-0.39, 0.29) is 6.10 Å². The quantitative estimate of drug-likeness (QED) is 0.488. The molecule has 0 bridgehead atoms. The van der Waals surface area contributed by atoms with Gasteiger partial charge in [0.15, 0.2) is 0 Å². The number of aliphatic hydroxyl groups excluding tert-OH is 1. The minimum Gasteiger partial charge on any atom is -0.389 e. The molecule has 0 radical (unpaired) electrons. The summed E-state index contributed by atoms with van der Waals surface area (Å²) in [5, 5.41) is 9.29. The number of hydrogen-bond donors (Lipinski definition) is 1. The van der Waals surface area contributed by atoms with Gasteiger partial charge >= 0.3 is 0 Å². The Balaban J connectivity index is 3.37. The fraction of sp³-hybridized carbons (Fsp3) is 0.778. The van der Waals surface area contributed by atoms with Gasteiger partial charge in [0.1, 0.15) is 0 Å². The number of hydrogen-bond acceptors (Lipinski definition) is 2. The second-order valence-electron chi connectivity index (χ2n) is 2.80. The molecule has 0 fully saturated rings. The fourth-order valence-electron chi connectivity index (χ4n) is 0.817. The summed E-state index contributed by atoms with van der Waals surface area (Å²) in [5.41, 5.74) is 1.15. The molecule has 0 spiro atoms. The van der Waals surface area contributed by atoms with Gasteiger partial charge in [-0.2, -0.15) is 0 Å². The Labute approximate surface area is 68.9 Å². The summed E-state index contributed by atoms with van der Waals surface area (Å²) in [4.78, 5) is 0. The Morgan fingerprint density at radius 2 is 2.18 bits per heavy atom. The summed E-state index contributed by atoms with van der Waals surface area (Å²) in [6.07, 6.45) is 2.20. The standard InChI is InChI=1S/C9H18O2/c1-4-11-6-5-9(10)7-8(2)3/h7,9-10H,4-6H2,1-3H3. The molecule has 0 aromatic carbocycles. The first kappa shape index (κ1) is 10.7. The fourth-order valence-corrected chi connectivity index (χ4v) is 0.817. The zero-order valence-corrected chi connectivity index (χ0v) is 7.63. The number of allylic oxidation sites excluding steroid dienone is 1. The molecule has 2 nitrogen and oxygen atoms in total. The first-order chi connectivity index (χ1) is 5.16. The predicted molar refractivity (Wildman–Crippen MR) is 46.5 cm³/mol. The molecule has 0 aliphatic heterocycles. The Morgan fingerprint density at radius 3 is 2.64 bits per heavy atom. The van der Waals surface area contributed by atoms with Crippen molar-refractivity contribution in [3.05, 3.63) is 11.6 Å². The molecule has 0 rings (SSSR count). The molecule has 2 heteroatoms. The summed E-state index contributed by atoms with van der Waals surface area (Å²) in [7, 11) is 0. The summed E-state index contributed by atoms with van der Waals surface area (Å²) in [5.74, 6) is 0. The Kier molecular flexibility index (Phi) is 6.18. The topological polar surface area (TPSA) is 29.5 Å². The zero-order valence-electron chi connectivity index (χ0n) is 7.63. The smallest absolute Gasteiger partial charge is 0.0745 e. The van der Waals surface area contributed by atoms with Gasteiger partial charge in [0.05, 0.1) is 6.10 Å². The van der Waals surface area contributed by atoms with Crippen LogP contribution in [0.2, 0.25) is 0 Å². The summed E-state index contributed by atoms with van der Waals surface area (Å²) in [6, 6.07) is 0. The average molecular weight is 158 g/mol. The third-order valence-electron chi connectivity index (χ3n) is 1.29. The second kappa shape index (κ2) is 6.38. The van der Waals surface area contributed by atoms with Gasteiger partial charge in [-0.25, -0.2) is 0 Å². The van der Waals surface area contributed by atoms with Crippen LogP contribution in [0.5, 0.6) is 0 Å². The van der Waals surface area contributed by atoms with E-state index >= 15 is 0 Å². The highest BCUT2D eigenvalue weighted by Crippen LogP contribution is 1.98. The Morgan fingerprint density at radius 1 is 1.55 bits per heavy atom. The van der Waals surface area contributed by atoms with Crippen molar-refractivity contribution in [3.63, 3.8) is 0 Å². The summed E-state index contributed by atoms with van der Waals surface area (Å²) >= 11 is 0. The van der Waals surface area contributed by atoms with Gasteiger partial charge in [0.25, 0.3) is 0 Å². The monoisotopic (exact) mass is 158 g/mol. The van der Waals surface area contributed by atoms with Crippen molar-refractivity contribution in [2.45, 2.75) is 33.3 Å². The largest absolute Gasteiger partial charge is 0.389 e. The maximum absolute atomic E-state index is 9.29. The van der Waals surface area contributed by atoms with Crippen molar-refractivity contribution in [2.75, 3.05) is 13.2 Å². The lowest BCUT2D eigenvalue weighted by Crippen LogP contribution is -2.07. The molecule has 0 saturated heterocycles. The lowest BCUT2D eigenvalue weighted by molar-refractivity contribution is 0.107. The molecule has 0 aromatic heterocycles. The van der Waals surface area contributed by atoms with Gasteiger partial charge in [-0.1, -0.05) is 11.6 Å². The zero-order chi connectivity index (χ0) is 8.69. The minimum absolute atomic E-state index is 0.341. The van der Waals surface area contributed by atoms with Crippen LogP contribution in [0.3, 0.4) is 0 Å². The van der Waals surface area contributed by atoms with Gasteiger partial charge in [-0.05, 0) is 20.8 Å². The van der Waals surface area contributed by atoms with E-state index in [0.29, 0.717) is 13.0 Å². The Hall–Kier alpha value is -0.340. The second-order valence-corrected chi connectivity index (χ2v) is 2.80. The normalized spacial score (nSPS) is 12.7. The molecule has 11 heavy (non-hydrogen) atoms. The molecule has 0 amide bonds. The van der Waals surface area contributed by atoms with Crippen LogP contribution < -0.4 is 0 Å². The number of aliphatic hydroxyl groups is 1. The van der Waals surface area contributed by atoms with Crippen LogP contribution in [0.1, 0.15) is 27.2 Å². The molecule has 1 atom stereocenters. The van der Waals surface area contributed by atoms with Gasteiger partial charge in [0.2, 0.25) is 0 Å². The summed E-state index contributed by atoms with van der Waals surface area (Å²) < 4.78 is 5.10. The van der Waals surface area contributed by atoms with Crippen molar-refractivity contribution in [3.8, 4) is 0 Å². The maximum atomic E-state index is 9.29. The van der Waals surface area contributed by atoms with E-state index < -0.39 is 0 Å². The van der Waals surface area contributed by atoms with Crippen LogP contribution >= 0.6 is 0 Å². The Bertz CT molecular complexity index is 115. The van der Waals surface area contributed by atoms with E-state index in [1.54, 1.807) is 0 Å². The lowest BCUT2D eigenvalue weighted by atomic mass is 10.2. The third kappa shape index (κ3) is 7.56. The van der Waals surface area contributed by atoms with Crippen molar-refractivity contribution >= 4 is 0 Å². The van der Waals surface area contributed by atoms with E-state index in [4.69, 9.17) is 4.74 Å². The van der Waals surface area contributed by atoms with Crippen molar-refractivity contribution < 1.29 is 9.84 Å².